The van der Waals surface area contributed by atoms with Gasteiger partial charge in [-0.2, -0.15) is 0 Å². The second-order valence-electron chi connectivity index (χ2n) is 6.40. The van der Waals surface area contributed by atoms with Crippen molar-refractivity contribution in [3.05, 3.63) is 28.7 Å². The number of amides is 1. The third-order valence-electron chi connectivity index (χ3n) is 4.91. The highest BCUT2D eigenvalue weighted by atomic mass is 79.9. The molecule has 1 aromatic carbocycles. The summed E-state index contributed by atoms with van der Waals surface area (Å²) >= 11 is 3.42. The lowest BCUT2D eigenvalue weighted by Gasteiger charge is -2.46. The fraction of sp³-hybridized carbons (Fsp3) is 0.562. The van der Waals surface area contributed by atoms with Crippen LogP contribution in [-0.4, -0.2) is 11.9 Å². The summed E-state index contributed by atoms with van der Waals surface area (Å²) in [6, 6.07) is 7.89. The molecule has 1 fully saturated rings. The minimum atomic E-state index is -0.0756. The van der Waals surface area contributed by atoms with Gasteiger partial charge in [0.25, 0.3) is 0 Å². The van der Waals surface area contributed by atoms with Crippen LogP contribution in [0.25, 0.3) is 0 Å². The topological polar surface area (TPSA) is 55.1 Å². The van der Waals surface area contributed by atoms with Crippen LogP contribution < -0.4 is 11.1 Å². The molecule has 1 aliphatic carbocycles. The molecule has 1 amide bonds. The fourth-order valence-corrected chi connectivity index (χ4v) is 3.51. The second-order valence-corrected chi connectivity index (χ2v) is 7.32. The standard InChI is InChI=1S/C16H23BrN2O/c1-10-14(18)8-7-13(16(10,2)3)15(20)19-12-6-4-5-11(17)9-12/h4-6,9-10,13-14H,7-8,18H2,1-3H3,(H,19,20). The van der Waals surface area contributed by atoms with Crippen LogP contribution in [0, 0.1) is 17.3 Å². The smallest absolute Gasteiger partial charge is 0.228 e. The van der Waals surface area contributed by atoms with E-state index in [0.29, 0.717) is 5.92 Å². The quantitative estimate of drug-likeness (QED) is 0.861. The second kappa shape index (κ2) is 5.86. The monoisotopic (exact) mass is 338 g/mol. The van der Waals surface area contributed by atoms with E-state index in [4.69, 9.17) is 5.73 Å². The highest BCUT2D eigenvalue weighted by Crippen LogP contribution is 2.44. The summed E-state index contributed by atoms with van der Waals surface area (Å²) in [7, 11) is 0. The van der Waals surface area contributed by atoms with Crippen LogP contribution in [0.5, 0.6) is 0 Å². The van der Waals surface area contributed by atoms with E-state index < -0.39 is 0 Å². The van der Waals surface area contributed by atoms with Crippen molar-refractivity contribution in [1.82, 2.24) is 0 Å². The number of halogens is 1. The highest BCUT2D eigenvalue weighted by Gasteiger charge is 2.44. The molecule has 2 rings (SSSR count). The van der Waals surface area contributed by atoms with Gasteiger partial charge in [-0.3, -0.25) is 4.79 Å². The molecule has 0 saturated heterocycles. The molecule has 3 unspecified atom stereocenters. The van der Waals surface area contributed by atoms with Crippen molar-refractivity contribution in [3.8, 4) is 0 Å². The van der Waals surface area contributed by atoms with Crippen molar-refractivity contribution in [3.63, 3.8) is 0 Å². The van der Waals surface area contributed by atoms with Gasteiger partial charge in [0, 0.05) is 22.1 Å². The summed E-state index contributed by atoms with van der Waals surface area (Å²) < 4.78 is 0.966. The number of nitrogens with two attached hydrogens (primary N) is 1. The van der Waals surface area contributed by atoms with Gasteiger partial charge in [0.2, 0.25) is 5.91 Å². The minimum Gasteiger partial charge on any atom is -0.327 e. The molecule has 0 bridgehead atoms. The van der Waals surface area contributed by atoms with Crippen LogP contribution >= 0.6 is 15.9 Å². The molecule has 20 heavy (non-hydrogen) atoms. The van der Waals surface area contributed by atoms with Crippen LogP contribution in [0.15, 0.2) is 28.7 Å². The maximum atomic E-state index is 12.6. The molecule has 0 aliphatic heterocycles. The van der Waals surface area contributed by atoms with Crippen molar-refractivity contribution in [2.45, 2.75) is 39.7 Å². The molecule has 1 aromatic rings. The predicted octanol–water partition coefficient (Wildman–Crippen LogP) is 3.79. The van der Waals surface area contributed by atoms with Crippen molar-refractivity contribution in [1.29, 1.82) is 0 Å². The largest absolute Gasteiger partial charge is 0.327 e. The molecule has 3 nitrogen and oxygen atoms in total. The zero-order valence-electron chi connectivity index (χ0n) is 12.3. The predicted molar refractivity (Wildman–Crippen MR) is 86.4 cm³/mol. The van der Waals surface area contributed by atoms with Gasteiger partial charge in [0.1, 0.15) is 0 Å². The Kier molecular flexibility index (Phi) is 4.55. The van der Waals surface area contributed by atoms with Gasteiger partial charge in [-0.05, 0) is 42.4 Å². The van der Waals surface area contributed by atoms with E-state index >= 15 is 0 Å². The number of carbonyl (C=O) groups is 1. The van der Waals surface area contributed by atoms with Crippen molar-refractivity contribution in [2.75, 3.05) is 5.32 Å². The SMILES string of the molecule is CC1C(N)CCC(C(=O)Nc2cccc(Br)c2)C1(C)C. The molecular weight excluding hydrogens is 316 g/mol. The Morgan fingerprint density at radius 2 is 2.10 bits per heavy atom. The maximum Gasteiger partial charge on any atom is 0.228 e. The fourth-order valence-electron chi connectivity index (χ4n) is 3.11. The first kappa shape index (κ1) is 15.5. The number of rotatable bonds is 2. The lowest BCUT2D eigenvalue weighted by Crippen LogP contribution is -2.50. The molecule has 3 atom stereocenters. The average molecular weight is 339 g/mol. The lowest BCUT2D eigenvalue weighted by atomic mass is 9.61. The minimum absolute atomic E-state index is 0.0104. The zero-order valence-corrected chi connectivity index (χ0v) is 13.9. The number of hydrogen-bond donors (Lipinski definition) is 2. The van der Waals surface area contributed by atoms with E-state index in [1.165, 1.54) is 0 Å². The van der Waals surface area contributed by atoms with E-state index in [2.05, 4.69) is 42.0 Å². The van der Waals surface area contributed by atoms with Gasteiger partial charge in [-0.1, -0.05) is 42.8 Å². The van der Waals surface area contributed by atoms with Crippen LogP contribution in [0.3, 0.4) is 0 Å². The summed E-state index contributed by atoms with van der Waals surface area (Å²) in [4.78, 5) is 12.6. The van der Waals surface area contributed by atoms with Gasteiger partial charge in [-0.15, -0.1) is 0 Å². The average Bonchev–Trinajstić information content (AvgIpc) is 2.36. The maximum absolute atomic E-state index is 12.6. The molecule has 0 radical (unpaired) electrons. The summed E-state index contributed by atoms with van der Waals surface area (Å²) in [6.45, 7) is 6.47. The van der Waals surface area contributed by atoms with Gasteiger partial charge < -0.3 is 11.1 Å². The Hall–Kier alpha value is -0.870. The third-order valence-corrected chi connectivity index (χ3v) is 5.40. The third kappa shape index (κ3) is 3.07. The Morgan fingerprint density at radius 3 is 2.75 bits per heavy atom. The molecule has 1 aliphatic rings. The summed E-state index contributed by atoms with van der Waals surface area (Å²) in [5.74, 6) is 0.456. The van der Waals surface area contributed by atoms with Gasteiger partial charge in [0.15, 0.2) is 0 Å². The van der Waals surface area contributed by atoms with E-state index in [9.17, 15) is 4.79 Å². The molecule has 4 heteroatoms. The number of benzene rings is 1. The summed E-state index contributed by atoms with van der Waals surface area (Å²) in [5.41, 5.74) is 6.91. The first-order valence-corrected chi connectivity index (χ1v) is 7.93. The lowest BCUT2D eigenvalue weighted by molar-refractivity contribution is -0.127. The zero-order chi connectivity index (χ0) is 14.9. The summed E-state index contributed by atoms with van der Waals surface area (Å²) in [6.07, 6.45) is 1.78. The number of anilines is 1. The summed E-state index contributed by atoms with van der Waals surface area (Å²) in [5, 5.41) is 3.03. The first-order chi connectivity index (χ1) is 9.32. The molecule has 0 spiro atoms. The Balaban J connectivity index is 2.13. The van der Waals surface area contributed by atoms with Crippen molar-refractivity contribution < 1.29 is 4.79 Å². The van der Waals surface area contributed by atoms with Gasteiger partial charge in [0.05, 0.1) is 0 Å². The van der Waals surface area contributed by atoms with Crippen molar-refractivity contribution >= 4 is 27.5 Å². The number of nitrogens with one attached hydrogen (secondary N) is 1. The molecule has 1 saturated carbocycles. The van der Waals surface area contributed by atoms with E-state index in [1.54, 1.807) is 0 Å². The van der Waals surface area contributed by atoms with Gasteiger partial charge in [-0.25, -0.2) is 0 Å². The van der Waals surface area contributed by atoms with Gasteiger partial charge >= 0.3 is 0 Å². The molecule has 0 heterocycles. The van der Waals surface area contributed by atoms with Crippen LogP contribution in [0.4, 0.5) is 5.69 Å². The molecule has 3 N–H and O–H groups in total. The number of hydrogen-bond acceptors (Lipinski definition) is 2. The number of carbonyl (C=O) groups excluding carboxylic acids is 1. The first-order valence-electron chi connectivity index (χ1n) is 7.14. The van der Waals surface area contributed by atoms with Crippen LogP contribution in [0.1, 0.15) is 33.6 Å². The molecule has 0 aromatic heterocycles. The Morgan fingerprint density at radius 1 is 1.40 bits per heavy atom. The van der Waals surface area contributed by atoms with Crippen LogP contribution in [0.2, 0.25) is 0 Å². The Bertz CT molecular complexity index is 501. The van der Waals surface area contributed by atoms with E-state index in [-0.39, 0.29) is 23.3 Å². The normalized spacial score (nSPS) is 28.9. The van der Waals surface area contributed by atoms with Crippen LogP contribution in [-0.2, 0) is 4.79 Å². The highest BCUT2D eigenvalue weighted by molar-refractivity contribution is 9.10. The Labute approximate surface area is 129 Å². The van der Waals surface area contributed by atoms with Crippen molar-refractivity contribution in [2.24, 2.45) is 23.0 Å². The van der Waals surface area contributed by atoms with E-state index in [1.807, 2.05) is 24.3 Å². The molecular formula is C16H23BrN2O. The molecule has 110 valence electrons. The van der Waals surface area contributed by atoms with E-state index in [0.717, 1.165) is 23.0 Å².